The van der Waals surface area contributed by atoms with Crippen LogP contribution in [0.2, 0.25) is 0 Å². The van der Waals surface area contributed by atoms with Crippen LogP contribution in [0.4, 0.5) is 0 Å². The molecule has 3 saturated carbocycles. The van der Waals surface area contributed by atoms with Crippen LogP contribution in [-0.4, -0.2) is 16.9 Å². The largest absolute Gasteiger partial charge is 0.481 e. The molecule has 1 N–H and O–H groups in total. The summed E-state index contributed by atoms with van der Waals surface area (Å²) in [4.78, 5) is 23.5. The Bertz CT molecular complexity index is 592. The summed E-state index contributed by atoms with van der Waals surface area (Å²) >= 11 is 0. The molecule has 4 rings (SSSR count). The van der Waals surface area contributed by atoms with Gasteiger partial charge in [-0.15, -0.1) is 0 Å². The predicted molar refractivity (Wildman–Crippen MR) is 87.8 cm³/mol. The lowest BCUT2D eigenvalue weighted by molar-refractivity contribution is -0.149. The lowest BCUT2D eigenvalue weighted by atomic mass is 9.47. The first-order valence-corrected chi connectivity index (χ1v) is 9.33. The minimum atomic E-state index is -0.584. The minimum Gasteiger partial charge on any atom is -0.481 e. The molecule has 4 aliphatic rings. The number of allylic oxidation sites excluding steroid dienone is 1. The van der Waals surface area contributed by atoms with Crippen molar-refractivity contribution in [2.45, 2.75) is 65.2 Å². The summed E-state index contributed by atoms with van der Waals surface area (Å²) < 4.78 is 0. The number of carboxylic acids is 1. The monoisotopic (exact) mass is 316 g/mol. The number of carboxylic acid groups (broad SMARTS) is 1. The molecule has 3 nitrogen and oxygen atoms in total. The normalized spacial score (nSPS) is 49.0. The second-order valence-electron chi connectivity index (χ2n) is 8.98. The number of hydrogen-bond acceptors (Lipinski definition) is 2. The fourth-order valence-corrected chi connectivity index (χ4v) is 6.97. The molecule has 1 unspecified atom stereocenters. The zero-order valence-electron chi connectivity index (χ0n) is 14.3. The number of carbonyl (C=O) groups is 2. The van der Waals surface area contributed by atoms with E-state index in [0.717, 1.165) is 44.9 Å². The third kappa shape index (κ3) is 2.01. The molecule has 0 radical (unpaired) electrons. The Hall–Kier alpha value is -1.12. The molecule has 0 spiro atoms. The Balaban J connectivity index is 1.67. The fraction of sp³-hybridized carbons (Fsp3) is 0.800. The molecule has 23 heavy (non-hydrogen) atoms. The van der Waals surface area contributed by atoms with Gasteiger partial charge in [-0.1, -0.05) is 19.4 Å². The smallest absolute Gasteiger partial charge is 0.307 e. The number of aliphatic carboxylic acids is 1. The van der Waals surface area contributed by atoms with E-state index in [1.165, 1.54) is 5.57 Å². The van der Waals surface area contributed by atoms with Crippen molar-refractivity contribution in [2.24, 2.45) is 34.5 Å². The molecule has 0 saturated heterocycles. The summed E-state index contributed by atoms with van der Waals surface area (Å²) in [6, 6.07) is 0. The maximum Gasteiger partial charge on any atom is 0.307 e. The van der Waals surface area contributed by atoms with E-state index in [-0.39, 0.29) is 16.7 Å². The molecule has 3 heteroatoms. The van der Waals surface area contributed by atoms with Crippen molar-refractivity contribution in [3.8, 4) is 0 Å². The van der Waals surface area contributed by atoms with Gasteiger partial charge in [0.05, 0.1) is 5.92 Å². The molecule has 0 aliphatic heterocycles. The van der Waals surface area contributed by atoms with Gasteiger partial charge in [-0.3, -0.25) is 9.59 Å². The van der Waals surface area contributed by atoms with E-state index in [1.807, 2.05) is 6.08 Å². The standard InChI is InChI=1S/C20H28O3/c1-19-9-7-13(21)11-12(19)3-4-14-15-5-6-17(18(22)23)20(15,2)10-8-16(14)19/h11,14-17H,3-10H2,1-2H3,(H,22,23)/t14-,15-,16+,17?,19-,20-/m0/s1. The molecule has 3 fully saturated rings. The van der Waals surface area contributed by atoms with Crippen molar-refractivity contribution in [1.29, 1.82) is 0 Å². The number of carbonyl (C=O) groups excluding carboxylic acids is 1. The molecular formula is C20H28O3. The lowest BCUT2D eigenvalue weighted by Crippen LogP contribution is -2.51. The molecule has 6 atom stereocenters. The van der Waals surface area contributed by atoms with Gasteiger partial charge in [0.25, 0.3) is 0 Å². The molecular weight excluding hydrogens is 288 g/mol. The molecule has 0 amide bonds. The first kappa shape index (κ1) is 15.4. The average molecular weight is 316 g/mol. The van der Waals surface area contributed by atoms with Crippen LogP contribution in [0.3, 0.4) is 0 Å². The Morgan fingerprint density at radius 2 is 1.87 bits per heavy atom. The Morgan fingerprint density at radius 1 is 1.09 bits per heavy atom. The van der Waals surface area contributed by atoms with E-state index in [2.05, 4.69) is 13.8 Å². The van der Waals surface area contributed by atoms with Crippen molar-refractivity contribution in [3.05, 3.63) is 11.6 Å². The highest BCUT2D eigenvalue weighted by Crippen LogP contribution is 2.66. The minimum absolute atomic E-state index is 0.00490. The first-order chi connectivity index (χ1) is 10.9. The Morgan fingerprint density at radius 3 is 2.61 bits per heavy atom. The van der Waals surface area contributed by atoms with Crippen molar-refractivity contribution < 1.29 is 14.7 Å². The van der Waals surface area contributed by atoms with Crippen molar-refractivity contribution >= 4 is 11.8 Å². The van der Waals surface area contributed by atoms with Crippen LogP contribution in [0.1, 0.15) is 65.2 Å². The number of fused-ring (bicyclic) bond motifs is 5. The van der Waals surface area contributed by atoms with Crippen molar-refractivity contribution in [1.82, 2.24) is 0 Å². The maximum atomic E-state index is 11.8. The molecule has 0 heterocycles. The van der Waals surface area contributed by atoms with Crippen molar-refractivity contribution in [3.63, 3.8) is 0 Å². The fourth-order valence-electron chi connectivity index (χ4n) is 6.97. The highest BCUT2D eigenvalue weighted by Gasteiger charge is 2.60. The van der Waals surface area contributed by atoms with Gasteiger partial charge in [0.1, 0.15) is 0 Å². The van der Waals surface area contributed by atoms with Gasteiger partial charge in [-0.05, 0) is 79.6 Å². The van der Waals surface area contributed by atoms with Gasteiger partial charge in [0, 0.05) is 6.42 Å². The van der Waals surface area contributed by atoms with Crippen LogP contribution in [0, 0.1) is 34.5 Å². The zero-order valence-corrected chi connectivity index (χ0v) is 14.3. The van der Waals surface area contributed by atoms with Gasteiger partial charge in [0.2, 0.25) is 0 Å². The van der Waals surface area contributed by atoms with Crippen molar-refractivity contribution in [2.75, 3.05) is 0 Å². The van der Waals surface area contributed by atoms with E-state index < -0.39 is 5.97 Å². The molecule has 4 aliphatic carbocycles. The maximum absolute atomic E-state index is 11.8. The first-order valence-electron chi connectivity index (χ1n) is 9.33. The van der Waals surface area contributed by atoms with E-state index in [4.69, 9.17) is 0 Å². The number of ketones is 1. The summed E-state index contributed by atoms with van der Waals surface area (Å²) in [7, 11) is 0. The molecule has 0 aromatic carbocycles. The van der Waals surface area contributed by atoms with E-state index in [9.17, 15) is 14.7 Å². The van der Waals surface area contributed by atoms with Crippen LogP contribution in [0.15, 0.2) is 11.6 Å². The van der Waals surface area contributed by atoms with Gasteiger partial charge < -0.3 is 5.11 Å². The third-order valence-corrected chi connectivity index (χ3v) is 8.26. The second-order valence-corrected chi connectivity index (χ2v) is 8.98. The molecule has 0 aromatic rings. The van der Waals surface area contributed by atoms with Crippen LogP contribution in [0.5, 0.6) is 0 Å². The average Bonchev–Trinajstić information content (AvgIpc) is 2.85. The third-order valence-electron chi connectivity index (χ3n) is 8.26. The summed E-state index contributed by atoms with van der Waals surface area (Å²) in [5.41, 5.74) is 1.58. The summed E-state index contributed by atoms with van der Waals surface area (Å²) in [5, 5.41) is 9.63. The zero-order chi connectivity index (χ0) is 16.4. The topological polar surface area (TPSA) is 54.4 Å². The SMILES string of the molecule is C[C@]12CCC(=O)C=C1CC[C@@H]1[C@H]2CC[C@]2(C)C(C(=O)O)CC[C@@H]12. The molecule has 0 bridgehead atoms. The van der Waals surface area contributed by atoms with E-state index in [0.29, 0.717) is 30.0 Å². The summed E-state index contributed by atoms with van der Waals surface area (Å²) in [5.74, 6) is 1.46. The van der Waals surface area contributed by atoms with Gasteiger partial charge in [-0.2, -0.15) is 0 Å². The quantitative estimate of drug-likeness (QED) is 0.788. The highest BCUT2D eigenvalue weighted by molar-refractivity contribution is 5.91. The van der Waals surface area contributed by atoms with Gasteiger partial charge >= 0.3 is 5.97 Å². The Labute approximate surface area is 138 Å². The molecule has 0 aromatic heterocycles. The summed E-state index contributed by atoms with van der Waals surface area (Å²) in [6.07, 6.45) is 9.99. The molecule has 126 valence electrons. The van der Waals surface area contributed by atoms with Gasteiger partial charge in [-0.25, -0.2) is 0 Å². The van der Waals surface area contributed by atoms with E-state index >= 15 is 0 Å². The number of hydrogen-bond donors (Lipinski definition) is 1. The van der Waals surface area contributed by atoms with Crippen LogP contribution in [-0.2, 0) is 9.59 Å². The van der Waals surface area contributed by atoms with E-state index in [1.54, 1.807) is 0 Å². The highest BCUT2D eigenvalue weighted by atomic mass is 16.4. The van der Waals surface area contributed by atoms with Crippen LogP contribution < -0.4 is 0 Å². The summed E-state index contributed by atoms with van der Waals surface area (Å²) in [6.45, 7) is 4.63. The second kappa shape index (κ2) is 4.94. The Kier molecular flexibility index (Phi) is 3.31. The lowest BCUT2D eigenvalue weighted by Gasteiger charge is -2.57. The van der Waals surface area contributed by atoms with Crippen LogP contribution in [0.25, 0.3) is 0 Å². The predicted octanol–water partition coefficient (Wildman–Crippen LogP) is 4.22. The van der Waals surface area contributed by atoms with Crippen LogP contribution >= 0.6 is 0 Å². The number of rotatable bonds is 1. The van der Waals surface area contributed by atoms with Gasteiger partial charge in [0.15, 0.2) is 5.78 Å².